The van der Waals surface area contributed by atoms with Gasteiger partial charge in [-0.1, -0.05) is 13.0 Å². The van der Waals surface area contributed by atoms with Gasteiger partial charge >= 0.3 is 0 Å². The molecule has 0 bridgehead atoms. The standard InChI is InChI=1S/C14H22N4O2/c1-3-7-17-14(15)18-9-8-16-13(19)11-5-4-6-12(10-11)20-2/h4-6,10H,3,7-9H2,1-2H3,(H,16,19)(H3,15,17,18). The third-order valence-corrected chi connectivity index (χ3v) is 2.55. The molecule has 0 aliphatic carbocycles. The number of carbonyl (C=O) groups excluding carboxylic acids is 1. The van der Waals surface area contributed by atoms with E-state index >= 15 is 0 Å². The van der Waals surface area contributed by atoms with E-state index in [1.54, 1.807) is 31.4 Å². The van der Waals surface area contributed by atoms with Crippen LogP contribution in [-0.4, -0.2) is 38.6 Å². The van der Waals surface area contributed by atoms with E-state index < -0.39 is 0 Å². The van der Waals surface area contributed by atoms with E-state index in [9.17, 15) is 4.79 Å². The number of nitrogens with one attached hydrogen (secondary N) is 2. The molecule has 0 spiro atoms. The molecule has 0 atom stereocenters. The second kappa shape index (κ2) is 8.79. The van der Waals surface area contributed by atoms with Gasteiger partial charge in [0.05, 0.1) is 7.11 Å². The average Bonchev–Trinajstić information content (AvgIpc) is 2.49. The van der Waals surface area contributed by atoms with Crippen LogP contribution in [0.25, 0.3) is 0 Å². The number of ether oxygens (including phenoxy) is 1. The minimum atomic E-state index is -0.144. The highest BCUT2D eigenvalue weighted by Crippen LogP contribution is 2.11. The number of methoxy groups -OCH3 is 1. The molecule has 0 aromatic heterocycles. The zero-order chi connectivity index (χ0) is 14.8. The van der Waals surface area contributed by atoms with Crippen LogP contribution in [0, 0.1) is 0 Å². The van der Waals surface area contributed by atoms with E-state index in [0.29, 0.717) is 36.9 Å². The van der Waals surface area contributed by atoms with E-state index in [1.165, 1.54) is 0 Å². The fourth-order valence-electron chi connectivity index (χ4n) is 1.52. The molecule has 0 saturated carbocycles. The van der Waals surface area contributed by atoms with E-state index in [0.717, 1.165) is 6.42 Å². The summed E-state index contributed by atoms with van der Waals surface area (Å²) in [5, 5.41) is 5.73. The topological polar surface area (TPSA) is 88.7 Å². The lowest BCUT2D eigenvalue weighted by molar-refractivity contribution is 0.0954. The maximum Gasteiger partial charge on any atom is 0.251 e. The lowest BCUT2D eigenvalue weighted by Crippen LogP contribution is -2.38. The summed E-state index contributed by atoms with van der Waals surface area (Å²) in [4.78, 5) is 16.0. The summed E-state index contributed by atoms with van der Waals surface area (Å²) < 4.78 is 5.08. The van der Waals surface area contributed by atoms with E-state index in [-0.39, 0.29) is 5.91 Å². The Kier molecular flexibility index (Phi) is 6.95. The van der Waals surface area contributed by atoms with Gasteiger partial charge < -0.3 is 21.1 Å². The number of hydrogen-bond acceptors (Lipinski definition) is 3. The molecule has 0 unspecified atom stereocenters. The number of carbonyl (C=O) groups is 1. The maximum absolute atomic E-state index is 11.9. The quantitative estimate of drug-likeness (QED) is 0.390. The highest BCUT2D eigenvalue weighted by atomic mass is 16.5. The first-order valence-electron chi connectivity index (χ1n) is 6.63. The average molecular weight is 278 g/mol. The summed E-state index contributed by atoms with van der Waals surface area (Å²) >= 11 is 0. The van der Waals surface area contributed by atoms with Crippen molar-refractivity contribution in [3.05, 3.63) is 29.8 Å². The van der Waals surface area contributed by atoms with Gasteiger partial charge in [-0.15, -0.1) is 0 Å². The molecule has 1 aromatic carbocycles. The summed E-state index contributed by atoms with van der Waals surface area (Å²) in [7, 11) is 1.57. The third-order valence-electron chi connectivity index (χ3n) is 2.55. The minimum absolute atomic E-state index is 0.144. The molecule has 0 aliphatic heterocycles. The molecule has 1 rings (SSSR count). The molecule has 6 nitrogen and oxygen atoms in total. The Morgan fingerprint density at radius 2 is 2.10 bits per heavy atom. The molecule has 1 amide bonds. The van der Waals surface area contributed by atoms with Gasteiger partial charge in [-0.3, -0.25) is 9.79 Å². The Bertz CT molecular complexity index is 460. The Morgan fingerprint density at radius 3 is 2.80 bits per heavy atom. The number of hydrogen-bond donors (Lipinski definition) is 3. The van der Waals surface area contributed by atoms with Gasteiger partial charge in [-0.05, 0) is 24.6 Å². The first-order valence-corrected chi connectivity index (χ1v) is 6.63. The van der Waals surface area contributed by atoms with Crippen LogP contribution in [0.15, 0.2) is 29.3 Å². The van der Waals surface area contributed by atoms with Crippen molar-refractivity contribution < 1.29 is 9.53 Å². The summed E-state index contributed by atoms with van der Waals surface area (Å²) in [5.41, 5.74) is 6.20. The largest absolute Gasteiger partial charge is 0.497 e. The number of guanidine groups is 1. The number of aliphatic imine (C=N–C) groups is 1. The molecular formula is C14H22N4O2. The number of benzene rings is 1. The summed E-state index contributed by atoms with van der Waals surface area (Å²) in [6.45, 7) is 3.74. The van der Waals surface area contributed by atoms with Crippen LogP contribution in [0.2, 0.25) is 0 Å². The van der Waals surface area contributed by atoms with Crippen LogP contribution < -0.4 is 21.1 Å². The van der Waals surface area contributed by atoms with Crippen LogP contribution in [-0.2, 0) is 0 Å². The van der Waals surface area contributed by atoms with E-state index in [1.807, 2.05) is 6.92 Å². The van der Waals surface area contributed by atoms with Gasteiger partial charge in [0.2, 0.25) is 0 Å². The minimum Gasteiger partial charge on any atom is -0.497 e. The number of nitrogens with zero attached hydrogens (tertiary/aromatic N) is 1. The van der Waals surface area contributed by atoms with Gasteiger partial charge in [0.15, 0.2) is 5.96 Å². The van der Waals surface area contributed by atoms with Crippen molar-refractivity contribution in [3.63, 3.8) is 0 Å². The van der Waals surface area contributed by atoms with Gasteiger partial charge in [0.1, 0.15) is 5.75 Å². The Labute approximate surface area is 119 Å². The van der Waals surface area contributed by atoms with Crippen molar-refractivity contribution in [2.75, 3.05) is 26.7 Å². The zero-order valence-electron chi connectivity index (χ0n) is 12.0. The van der Waals surface area contributed by atoms with Crippen LogP contribution >= 0.6 is 0 Å². The van der Waals surface area contributed by atoms with Crippen molar-refractivity contribution >= 4 is 11.9 Å². The Hall–Kier alpha value is -2.24. The van der Waals surface area contributed by atoms with E-state index in [2.05, 4.69) is 15.6 Å². The first-order chi connectivity index (χ1) is 9.67. The molecule has 20 heavy (non-hydrogen) atoms. The maximum atomic E-state index is 11.9. The van der Waals surface area contributed by atoms with Gasteiger partial charge in [0, 0.05) is 25.2 Å². The highest BCUT2D eigenvalue weighted by molar-refractivity contribution is 5.94. The van der Waals surface area contributed by atoms with Crippen molar-refractivity contribution in [3.8, 4) is 5.75 Å². The monoisotopic (exact) mass is 278 g/mol. The molecule has 0 aliphatic rings. The SMILES string of the molecule is CCCN=C(N)NCCNC(=O)c1cccc(OC)c1. The van der Waals surface area contributed by atoms with Crippen molar-refractivity contribution in [1.82, 2.24) is 10.6 Å². The predicted octanol–water partition coefficient (Wildman–Crippen LogP) is 0.739. The van der Waals surface area contributed by atoms with Gasteiger partial charge in [-0.25, -0.2) is 0 Å². The molecule has 0 heterocycles. The summed E-state index contributed by atoms with van der Waals surface area (Å²) in [6, 6.07) is 7.01. The molecule has 0 fully saturated rings. The van der Waals surface area contributed by atoms with E-state index in [4.69, 9.17) is 10.5 Å². The predicted molar refractivity (Wildman–Crippen MR) is 80.1 cm³/mol. The van der Waals surface area contributed by atoms with Crippen LogP contribution in [0.1, 0.15) is 23.7 Å². The molecule has 110 valence electrons. The molecule has 0 radical (unpaired) electrons. The first kappa shape index (κ1) is 15.8. The van der Waals surface area contributed by atoms with Gasteiger partial charge in [-0.2, -0.15) is 0 Å². The van der Waals surface area contributed by atoms with Gasteiger partial charge in [0.25, 0.3) is 5.91 Å². The Balaban J connectivity index is 2.33. The lowest BCUT2D eigenvalue weighted by atomic mass is 10.2. The van der Waals surface area contributed by atoms with Crippen molar-refractivity contribution in [2.24, 2.45) is 10.7 Å². The molecule has 0 saturated heterocycles. The Morgan fingerprint density at radius 1 is 1.35 bits per heavy atom. The second-order valence-electron chi connectivity index (χ2n) is 4.18. The fourth-order valence-corrected chi connectivity index (χ4v) is 1.52. The smallest absolute Gasteiger partial charge is 0.251 e. The normalized spacial score (nSPS) is 11.0. The van der Waals surface area contributed by atoms with Crippen LogP contribution in [0.3, 0.4) is 0 Å². The molecular weight excluding hydrogens is 256 g/mol. The summed E-state index contributed by atoms with van der Waals surface area (Å²) in [5.74, 6) is 0.920. The molecule has 1 aromatic rings. The molecule has 4 N–H and O–H groups in total. The zero-order valence-corrected chi connectivity index (χ0v) is 12.0. The fraction of sp³-hybridized carbons (Fsp3) is 0.429. The third kappa shape index (κ3) is 5.60. The number of rotatable bonds is 7. The highest BCUT2D eigenvalue weighted by Gasteiger charge is 2.05. The van der Waals surface area contributed by atoms with Crippen LogP contribution in [0.4, 0.5) is 0 Å². The molecule has 6 heteroatoms. The van der Waals surface area contributed by atoms with Crippen LogP contribution in [0.5, 0.6) is 5.75 Å². The number of nitrogens with two attached hydrogens (primary N) is 1. The van der Waals surface area contributed by atoms with Crippen molar-refractivity contribution in [1.29, 1.82) is 0 Å². The summed E-state index contributed by atoms with van der Waals surface area (Å²) in [6.07, 6.45) is 0.953. The second-order valence-corrected chi connectivity index (χ2v) is 4.18. The lowest BCUT2D eigenvalue weighted by Gasteiger charge is -2.08. The van der Waals surface area contributed by atoms with Crippen molar-refractivity contribution in [2.45, 2.75) is 13.3 Å². The number of amides is 1.